The van der Waals surface area contributed by atoms with E-state index < -0.39 is 24.2 Å². The second kappa shape index (κ2) is 9.26. The number of halogens is 3. The van der Waals surface area contributed by atoms with Gasteiger partial charge in [0.05, 0.1) is 25.0 Å². The minimum absolute atomic E-state index is 0.115. The molecule has 1 aromatic rings. The van der Waals surface area contributed by atoms with Gasteiger partial charge in [-0.05, 0) is 56.2 Å². The molecule has 1 aliphatic rings. The molecule has 0 spiro atoms. The number of benzene rings is 1. The minimum Gasteiger partial charge on any atom is -0.493 e. The van der Waals surface area contributed by atoms with E-state index in [1.165, 1.54) is 0 Å². The summed E-state index contributed by atoms with van der Waals surface area (Å²) in [5.74, 6) is -1.35. The fourth-order valence-electron chi connectivity index (χ4n) is 3.28. The van der Waals surface area contributed by atoms with Gasteiger partial charge in [-0.25, -0.2) is 0 Å². The van der Waals surface area contributed by atoms with Gasteiger partial charge in [0, 0.05) is 6.61 Å². The van der Waals surface area contributed by atoms with E-state index in [2.05, 4.69) is 0 Å². The summed E-state index contributed by atoms with van der Waals surface area (Å²) in [6, 6.07) is 7.01. The van der Waals surface area contributed by atoms with Gasteiger partial charge in [0.2, 0.25) is 0 Å². The average Bonchev–Trinajstić information content (AvgIpc) is 2.59. The number of aliphatic carboxylic acids is 1. The maximum atomic E-state index is 12.7. The first kappa shape index (κ1) is 20.6. The Hall–Kier alpha value is -1.76. The summed E-state index contributed by atoms with van der Waals surface area (Å²) in [5, 5.41) is 8.95. The summed E-state index contributed by atoms with van der Waals surface area (Å²) in [4.78, 5) is 10.9. The zero-order valence-electron chi connectivity index (χ0n) is 14.8. The molecule has 0 unspecified atom stereocenters. The smallest absolute Gasteiger partial charge is 0.391 e. The molecule has 1 saturated carbocycles. The molecule has 146 valence electrons. The molecule has 0 saturated heterocycles. The lowest BCUT2D eigenvalue weighted by Gasteiger charge is -2.29. The normalized spacial score (nSPS) is 22.0. The molecule has 0 aromatic heterocycles. The lowest BCUT2D eigenvalue weighted by atomic mass is 9.82. The predicted octanol–water partition coefficient (Wildman–Crippen LogP) is 4.99. The van der Waals surface area contributed by atoms with Gasteiger partial charge in [-0.3, -0.25) is 4.79 Å². The zero-order chi connectivity index (χ0) is 19.2. The molecular formula is C19H25F3O4. The second-order valence-electron chi connectivity index (χ2n) is 6.68. The Morgan fingerprint density at radius 3 is 2.31 bits per heavy atom. The van der Waals surface area contributed by atoms with E-state index in [0.29, 0.717) is 31.8 Å². The number of rotatable bonds is 8. The fourth-order valence-corrected chi connectivity index (χ4v) is 3.28. The highest BCUT2D eigenvalue weighted by atomic mass is 19.4. The molecule has 1 N–H and O–H groups in total. The Balaban J connectivity index is 1.83. The molecule has 4 nitrogen and oxygen atoms in total. The Labute approximate surface area is 151 Å². The maximum absolute atomic E-state index is 12.7. The first-order valence-electron chi connectivity index (χ1n) is 8.92. The van der Waals surface area contributed by atoms with Crippen LogP contribution in [-0.4, -0.2) is 30.5 Å². The van der Waals surface area contributed by atoms with Crippen LogP contribution in [0.15, 0.2) is 24.3 Å². The summed E-state index contributed by atoms with van der Waals surface area (Å²) in [5.41, 5.74) is 0.757. The van der Waals surface area contributed by atoms with E-state index in [0.717, 1.165) is 5.56 Å². The molecule has 1 aliphatic carbocycles. The molecule has 0 radical (unpaired) electrons. The van der Waals surface area contributed by atoms with Crippen LogP contribution in [0, 0.1) is 11.8 Å². The molecule has 26 heavy (non-hydrogen) atoms. The van der Waals surface area contributed by atoms with Gasteiger partial charge in [-0.2, -0.15) is 13.2 Å². The van der Waals surface area contributed by atoms with E-state index in [-0.39, 0.29) is 25.2 Å². The molecule has 1 atom stereocenters. The van der Waals surface area contributed by atoms with Crippen molar-refractivity contribution in [3.05, 3.63) is 29.8 Å². The number of hydrogen-bond acceptors (Lipinski definition) is 3. The summed E-state index contributed by atoms with van der Waals surface area (Å²) >= 11 is 0. The van der Waals surface area contributed by atoms with Crippen molar-refractivity contribution in [2.45, 2.75) is 51.3 Å². The number of carbonyl (C=O) groups is 1. The molecule has 0 heterocycles. The van der Waals surface area contributed by atoms with Crippen molar-refractivity contribution < 1.29 is 32.5 Å². The fraction of sp³-hybridized carbons (Fsp3) is 0.632. The standard InChI is InChI=1S/C19H25F3O4/c1-2-25-17(11-18(23)24)14-5-9-16(10-6-14)26-12-13-3-7-15(8-4-13)19(20,21)22/h5-6,9-10,13,15,17H,2-4,7-8,11-12H2,1H3,(H,23,24)/t13?,15?,17-/m0/s1. The van der Waals surface area contributed by atoms with Crippen LogP contribution >= 0.6 is 0 Å². The number of carboxylic acids is 1. The number of carboxylic acid groups (broad SMARTS) is 1. The summed E-state index contributed by atoms with van der Waals surface area (Å²) in [7, 11) is 0. The van der Waals surface area contributed by atoms with Gasteiger partial charge in [-0.15, -0.1) is 0 Å². The first-order chi connectivity index (χ1) is 12.3. The van der Waals surface area contributed by atoms with Crippen LogP contribution < -0.4 is 4.74 Å². The summed E-state index contributed by atoms with van der Waals surface area (Å²) in [6.45, 7) is 2.62. The molecule has 0 bridgehead atoms. The van der Waals surface area contributed by atoms with Gasteiger partial charge in [0.15, 0.2) is 0 Å². The third-order valence-electron chi connectivity index (χ3n) is 4.78. The minimum atomic E-state index is -4.09. The third kappa shape index (κ3) is 6.20. The maximum Gasteiger partial charge on any atom is 0.391 e. The Morgan fingerprint density at radius 2 is 1.81 bits per heavy atom. The van der Waals surface area contributed by atoms with Crippen molar-refractivity contribution in [1.82, 2.24) is 0 Å². The molecule has 7 heteroatoms. The average molecular weight is 374 g/mol. The molecular weight excluding hydrogens is 349 g/mol. The van der Waals surface area contributed by atoms with Crippen LogP contribution in [0.25, 0.3) is 0 Å². The van der Waals surface area contributed by atoms with E-state index in [9.17, 15) is 18.0 Å². The van der Waals surface area contributed by atoms with Crippen LogP contribution in [0.2, 0.25) is 0 Å². The third-order valence-corrected chi connectivity index (χ3v) is 4.78. The Morgan fingerprint density at radius 1 is 1.19 bits per heavy atom. The zero-order valence-corrected chi connectivity index (χ0v) is 14.8. The molecule has 0 amide bonds. The van der Waals surface area contributed by atoms with E-state index >= 15 is 0 Å². The highest BCUT2D eigenvalue weighted by Gasteiger charge is 2.41. The van der Waals surface area contributed by atoms with Crippen LogP contribution in [-0.2, 0) is 9.53 Å². The van der Waals surface area contributed by atoms with Crippen molar-refractivity contribution in [3.8, 4) is 5.75 Å². The molecule has 2 rings (SSSR count). The highest BCUT2D eigenvalue weighted by Crippen LogP contribution is 2.39. The topological polar surface area (TPSA) is 55.8 Å². The largest absolute Gasteiger partial charge is 0.493 e. The highest BCUT2D eigenvalue weighted by molar-refractivity contribution is 5.67. The van der Waals surface area contributed by atoms with Crippen molar-refractivity contribution in [1.29, 1.82) is 0 Å². The van der Waals surface area contributed by atoms with Gasteiger partial charge in [0.1, 0.15) is 5.75 Å². The van der Waals surface area contributed by atoms with E-state index in [1.807, 2.05) is 0 Å². The lowest BCUT2D eigenvalue weighted by molar-refractivity contribution is -0.184. The van der Waals surface area contributed by atoms with Gasteiger partial charge < -0.3 is 14.6 Å². The van der Waals surface area contributed by atoms with Crippen molar-refractivity contribution in [3.63, 3.8) is 0 Å². The van der Waals surface area contributed by atoms with Crippen LogP contribution in [0.1, 0.15) is 50.7 Å². The molecule has 0 aliphatic heterocycles. The lowest BCUT2D eigenvalue weighted by Crippen LogP contribution is -2.29. The first-order valence-corrected chi connectivity index (χ1v) is 8.92. The molecule has 1 fully saturated rings. The van der Waals surface area contributed by atoms with E-state index in [1.54, 1.807) is 31.2 Å². The van der Waals surface area contributed by atoms with Gasteiger partial charge in [-0.1, -0.05) is 12.1 Å². The number of ether oxygens (including phenoxy) is 2. The SMILES string of the molecule is CCO[C@@H](CC(=O)O)c1ccc(OCC2CCC(C(F)(F)F)CC2)cc1. The van der Waals surface area contributed by atoms with Crippen molar-refractivity contribution >= 4 is 5.97 Å². The van der Waals surface area contributed by atoms with Gasteiger partial charge in [0.25, 0.3) is 0 Å². The molecule has 1 aromatic carbocycles. The Kier molecular flexibility index (Phi) is 7.32. The summed E-state index contributed by atoms with van der Waals surface area (Å²) < 4.78 is 49.2. The number of hydrogen-bond donors (Lipinski definition) is 1. The van der Waals surface area contributed by atoms with Crippen LogP contribution in [0.4, 0.5) is 13.2 Å². The predicted molar refractivity (Wildman–Crippen MR) is 90.1 cm³/mol. The quantitative estimate of drug-likeness (QED) is 0.697. The number of alkyl halides is 3. The van der Waals surface area contributed by atoms with Crippen LogP contribution in [0.5, 0.6) is 5.75 Å². The van der Waals surface area contributed by atoms with Crippen LogP contribution in [0.3, 0.4) is 0 Å². The van der Waals surface area contributed by atoms with E-state index in [4.69, 9.17) is 14.6 Å². The van der Waals surface area contributed by atoms with Crippen molar-refractivity contribution in [2.75, 3.05) is 13.2 Å². The monoisotopic (exact) mass is 374 g/mol. The summed E-state index contributed by atoms with van der Waals surface area (Å²) in [6.07, 6.45) is -3.33. The Bertz CT molecular complexity index is 563. The van der Waals surface area contributed by atoms with Crippen molar-refractivity contribution in [2.24, 2.45) is 11.8 Å². The second-order valence-corrected chi connectivity index (χ2v) is 6.68. The van der Waals surface area contributed by atoms with Gasteiger partial charge >= 0.3 is 12.1 Å².